The molecule has 0 aliphatic carbocycles. The Morgan fingerprint density at radius 1 is 1.30 bits per heavy atom. The number of ketones is 1. The van der Waals surface area contributed by atoms with Crippen molar-refractivity contribution in [3.05, 3.63) is 57.8 Å². The van der Waals surface area contributed by atoms with Gasteiger partial charge in [0.25, 0.3) is 5.91 Å². The minimum atomic E-state index is -0.232. The van der Waals surface area contributed by atoms with Gasteiger partial charge in [-0.3, -0.25) is 9.59 Å². The van der Waals surface area contributed by atoms with Crippen LogP contribution in [0.1, 0.15) is 46.3 Å². The largest absolute Gasteiger partial charge is 0.356 e. The Hall–Kier alpha value is -1.88. The summed E-state index contributed by atoms with van der Waals surface area (Å²) in [6.07, 6.45) is 1.54. The first-order valence-corrected chi connectivity index (χ1v) is 7.02. The SMILES string of the molecule is CC(=O)c1c[nH]c(C(=O)NC(C)c2cccc(Br)c2)c1. The van der Waals surface area contributed by atoms with Crippen molar-refractivity contribution in [2.75, 3.05) is 0 Å². The topological polar surface area (TPSA) is 62.0 Å². The molecule has 0 saturated carbocycles. The number of aromatic nitrogens is 1. The number of carbonyl (C=O) groups excluding carboxylic acids is 2. The molecule has 0 aliphatic rings. The normalized spacial score (nSPS) is 11.9. The van der Waals surface area contributed by atoms with Crippen LogP contribution >= 0.6 is 15.9 Å². The highest BCUT2D eigenvalue weighted by Crippen LogP contribution is 2.18. The van der Waals surface area contributed by atoms with E-state index >= 15 is 0 Å². The second kappa shape index (κ2) is 6.05. The predicted molar refractivity (Wildman–Crippen MR) is 80.8 cm³/mol. The van der Waals surface area contributed by atoms with Crippen LogP contribution in [0.2, 0.25) is 0 Å². The maximum absolute atomic E-state index is 12.1. The van der Waals surface area contributed by atoms with Gasteiger partial charge in [0, 0.05) is 16.2 Å². The van der Waals surface area contributed by atoms with E-state index in [9.17, 15) is 9.59 Å². The number of halogens is 1. The fourth-order valence-electron chi connectivity index (χ4n) is 1.86. The molecule has 1 amide bonds. The van der Waals surface area contributed by atoms with Crippen LogP contribution in [0.15, 0.2) is 41.0 Å². The molecule has 2 N–H and O–H groups in total. The van der Waals surface area contributed by atoms with Crippen LogP contribution in [0.5, 0.6) is 0 Å². The maximum Gasteiger partial charge on any atom is 0.268 e. The summed E-state index contributed by atoms with van der Waals surface area (Å²) in [4.78, 5) is 26.1. The average Bonchev–Trinajstić information content (AvgIpc) is 2.88. The molecule has 0 saturated heterocycles. The van der Waals surface area contributed by atoms with Gasteiger partial charge >= 0.3 is 0 Å². The molecule has 1 unspecified atom stereocenters. The fourth-order valence-corrected chi connectivity index (χ4v) is 2.28. The molecule has 1 aromatic heterocycles. The van der Waals surface area contributed by atoms with E-state index in [1.54, 1.807) is 12.3 Å². The Morgan fingerprint density at radius 2 is 2.05 bits per heavy atom. The lowest BCUT2D eigenvalue weighted by atomic mass is 10.1. The standard InChI is InChI=1S/C15H15BrN2O2/c1-9(11-4-3-5-13(16)6-11)18-15(20)14-7-12(8-17-14)10(2)19/h3-9,17H,1-2H3,(H,18,20). The number of hydrogen-bond acceptors (Lipinski definition) is 2. The van der Waals surface area contributed by atoms with Crippen LogP contribution < -0.4 is 5.32 Å². The van der Waals surface area contributed by atoms with Gasteiger partial charge in [-0.1, -0.05) is 28.1 Å². The Bertz CT molecular complexity index is 649. The highest BCUT2D eigenvalue weighted by atomic mass is 79.9. The minimum Gasteiger partial charge on any atom is -0.356 e. The van der Waals surface area contributed by atoms with E-state index in [1.807, 2.05) is 31.2 Å². The third kappa shape index (κ3) is 3.36. The van der Waals surface area contributed by atoms with Crippen molar-refractivity contribution in [3.63, 3.8) is 0 Å². The Labute approximate surface area is 125 Å². The van der Waals surface area contributed by atoms with E-state index < -0.39 is 0 Å². The van der Waals surface area contributed by atoms with E-state index in [0.717, 1.165) is 10.0 Å². The molecule has 0 fully saturated rings. The summed E-state index contributed by atoms with van der Waals surface area (Å²) in [5, 5.41) is 2.89. The van der Waals surface area contributed by atoms with Crippen LogP contribution in [0.3, 0.4) is 0 Å². The van der Waals surface area contributed by atoms with Gasteiger partial charge in [0.2, 0.25) is 0 Å². The molecular weight excluding hydrogens is 320 g/mol. The molecule has 0 spiro atoms. The number of nitrogens with one attached hydrogen (secondary N) is 2. The lowest BCUT2D eigenvalue weighted by Gasteiger charge is -2.14. The molecule has 104 valence electrons. The zero-order chi connectivity index (χ0) is 14.7. The first-order valence-electron chi connectivity index (χ1n) is 6.23. The molecule has 20 heavy (non-hydrogen) atoms. The van der Waals surface area contributed by atoms with Gasteiger partial charge in [-0.05, 0) is 37.6 Å². The van der Waals surface area contributed by atoms with E-state index in [-0.39, 0.29) is 17.7 Å². The maximum atomic E-state index is 12.1. The number of benzene rings is 1. The average molecular weight is 335 g/mol. The van der Waals surface area contributed by atoms with Gasteiger partial charge in [0.1, 0.15) is 5.69 Å². The lowest BCUT2D eigenvalue weighted by Crippen LogP contribution is -2.26. The summed E-state index contributed by atoms with van der Waals surface area (Å²) in [5.41, 5.74) is 1.90. The molecule has 0 aliphatic heterocycles. The molecule has 0 bridgehead atoms. The summed E-state index contributed by atoms with van der Waals surface area (Å²) in [6.45, 7) is 3.38. The molecule has 2 aromatic rings. The summed E-state index contributed by atoms with van der Waals surface area (Å²) in [7, 11) is 0. The van der Waals surface area contributed by atoms with Crippen molar-refractivity contribution in [2.24, 2.45) is 0 Å². The Morgan fingerprint density at radius 3 is 2.65 bits per heavy atom. The highest BCUT2D eigenvalue weighted by molar-refractivity contribution is 9.10. The zero-order valence-corrected chi connectivity index (χ0v) is 12.8. The second-order valence-corrected chi connectivity index (χ2v) is 5.52. The first kappa shape index (κ1) is 14.5. The monoisotopic (exact) mass is 334 g/mol. The summed E-state index contributed by atoms with van der Waals surface area (Å²) >= 11 is 3.40. The molecule has 1 aromatic carbocycles. The van der Waals surface area contributed by atoms with Crippen molar-refractivity contribution in [2.45, 2.75) is 19.9 Å². The molecule has 2 rings (SSSR count). The molecular formula is C15H15BrN2O2. The molecule has 5 heteroatoms. The van der Waals surface area contributed by atoms with Gasteiger partial charge in [-0.15, -0.1) is 0 Å². The number of aromatic amines is 1. The highest BCUT2D eigenvalue weighted by Gasteiger charge is 2.14. The second-order valence-electron chi connectivity index (χ2n) is 4.61. The van der Waals surface area contributed by atoms with Gasteiger partial charge in [0.15, 0.2) is 5.78 Å². The Kier molecular flexibility index (Phi) is 4.39. The molecule has 4 nitrogen and oxygen atoms in total. The smallest absolute Gasteiger partial charge is 0.268 e. The van der Waals surface area contributed by atoms with Gasteiger partial charge in [-0.25, -0.2) is 0 Å². The van der Waals surface area contributed by atoms with E-state index in [2.05, 4.69) is 26.2 Å². The number of amides is 1. The summed E-state index contributed by atoms with van der Waals surface area (Å²) in [5.74, 6) is -0.301. The molecule has 1 atom stereocenters. The number of hydrogen-bond donors (Lipinski definition) is 2. The van der Waals surface area contributed by atoms with Gasteiger partial charge in [-0.2, -0.15) is 0 Å². The van der Waals surface area contributed by atoms with Crippen molar-refractivity contribution < 1.29 is 9.59 Å². The lowest BCUT2D eigenvalue weighted by molar-refractivity contribution is 0.0935. The zero-order valence-electron chi connectivity index (χ0n) is 11.2. The van der Waals surface area contributed by atoms with Crippen molar-refractivity contribution >= 4 is 27.6 Å². The summed E-state index contributed by atoms with van der Waals surface area (Å²) < 4.78 is 0.967. The van der Waals surface area contributed by atoms with Crippen LogP contribution in [0.4, 0.5) is 0 Å². The minimum absolute atomic E-state index is 0.0691. The number of rotatable bonds is 4. The van der Waals surface area contributed by atoms with Crippen LogP contribution in [0, 0.1) is 0 Å². The summed E-state index contributed by atoms with van der Waals surface area (Å²) in [6, 6.07) is 9.20. The number of carbonyl (C=O) groups is 2. The number of Topliss-reactive ketones (excluding diaryl/α,β-unsaturated/α-hetero) is 1. The third-order valence-electron chi connectivity index (χ3n) is 3.03. The van der Waals surface area contributed by atoms with Crippen LogP contribution in [-0.4, -0.2) is 16.7 Å². The van der Waals surface area contributed by atoms with E-state index in [1.165, 1.54) is 6.92 Å². The first-order chi connectivity index (χ1) is 9.47. The third-order valence-corrected chi connectivity index (χ3v) is 3.52. The molecule has 0 radical (unpaired) electrons. The number of H-pyrrole nitrogens is 1. The van der Waals surface area contributed by atoms with Gasteiger partial charge < -0.3 is 10.3 Å². The fraction of sp³-hybridized carbons (Fsp3) is 0.200. The molecule has 1 heterocycles. The van der Waals surface area contributed by atoms with Gasteiger partial charge in [0.05, 0.1) is 6.04 Å². The van der Waals surface area contributed by atoms with Crippen molar-refractivity contribution in [1.82, 2.24) is 10.3 Å². The van der Waals surface area contributed by atoms with Crippen LogP contribution in [0.25, 0.3) is 0 Å². The van der Waals surface area contributed by atoms with E-state index in [4.69, 9.17) is 0 Å². The van der Waals surface area contributed by atoms with E-state index in [0.29, 0.717) is 11.3 Å². The van der Waals surface area contributed by atoms with Crippen molar-refractivity contribution in [3.8, 4) is 0 Å². The van der Waals surface area contributed by atoms with Crippen molar-refractivity contribution in [1.29, 1.82) is 0 Å². The van der Waals surface area contributed by atoms with Crippen LogP contribution in [-0.2, 0) is 0 Å². The predicted octanol–water partition coefficient (Wildman–Crippen LogP) is 3.47. The Balaban J connectivity index is 2.08. The quantitative estimate of drug-likeness (QED) is 0.841.